The average Bonchev–Trinajstić information content (AvgIpc) is 2.36. The molecule has 0 saturated heterocycles. The monoisotopic (exact) mass is 251 g/mol. The lowest BCUT2D eigenvalue weighted by molar-refractivity contribution is 0.194. The van der Waals surface area contributed by atoms with Crippen LogP contribution in [0.5, 0.6) is 5.75 Å². The Morgan fingerprint density at radius 3 is 2.44 bits per heavy atom. The van der Waals surface area contributed by atoms with Crippen molar-refractivity contribution in [1.29, 1.82) is 0 Å². The van der Waals surface area contributed by atoms with Crippen LogP contribution in [0.2, 0.25) is 0 Å². The Morgan fingerprint density at radius 1 is 1.39 bits per heavy atom. The van der Waals surface area contributed by atoms with E-state index >= 15 is 0 Å². The zero-order valence-electron chi connectivity index (χ0n) is 12.3. The van der Waals surface area contributed by atoms with Crippen molar-refractivity contribution in [3.8, 4) is 5.75 Å². The summed E-state index contributed by atoms with van der Waals surface area (Å²) in [6.45, 7) is 8.32. The van der Waals surface area contributed by atoms with E-state index in [9.17, 15) is 5.11 Å². The molecule has 0 saturated carbocycles. The number of aliphatic hydroxyl groups is 1. The Hall–Kier alpha value is -1.22. The molecular weight excluding hydrogens is 226 g/mol. The Kier molecular flexibility index (Phi) is 4.63. The summed E-state index contributed by atoms with van der Waals surface area (Å²) in [5.74, 6) is 0.737. The van der Waals surface area contributed by atoms with Gasteiger partial charge < -0.3 is 14.7 Å². The molecule has 3 nitrogen and oxygen atoms in total. The summed E-state index contributed by atoms with van der Waals surface area (Å²) < 4.78 is 5.36. The first-order valence-electron chi connectivity index (χ1n) is 6.44. The predicted octanol–water partition coefficient (Wildman–Crippen LogP) is 3.37. The largest absolute Gasteiger partial charge is 0.496 e. The van der Waals surface area contributed by atoms with Gasteiger partial charge in [-0.05, 0) is 39.3 Å². The Labute approximate surface area is 110 Å². The molecule has 0 fully saturated rings. The van der Waals surface area contributed by atoms with E-state index in [0.29, 0.717) is 0 Å². The molecule has 0 aliphatic rings. The van der Waals surface area contributed by atoms with Gasteiger partial charge in [-0.25, -0.2) is 0 Å². The maximum Gasteiger partial charge on any atom is 0.126 e. The van der Waals surface area contributed by atoms with Crippen LogP contribution in [-0.2, 0) is 0 Å². The molecule has 0 unspecified atom stereocenters. The second-order valence-corrected chi connectivity index (χ2v) is 5.29. The fraction of sp³-hybridized carbons (Fsp3) is 0.600. The number of aliphatic hydroxyl groups excluding tert-OH is 1. The number of nitrogens with zero attached hydrogens (tertiary/aromatic N) is 1. The first-order chi connectivity index (χ1) is 8.35. The van der Waals surface area contributed by atoms with Crippen molar-refractivity contribution in [2.75, 3.05) is 19.1 Å². The summed E-state index contributed by atoms with van der Waals surface area (Å²) in [6.07, 6.45) is 0.478. The molecule has 1 rings (SSSR count). The highest BCUT2D eigenvalue weighted by atomic mass is 16.5. The highest BCUT2D eigenvalue weighted by molar-refractivity contribution is 5.61. The highest BCUT2D eigenvalue weighted by Crippen LogP contribution is 2.37. The third kappa shape index (κ3) is 2.78. The molecule has 0 radical (unpaired) electrons. The predicted molar refractivity (Wildman–Crippen MR) is 76.4 cm³/mol. The quantitative estimate of drug-likeness (QED) is 0.871. The van der Waals surface area contributed by atoms with Gasteiger partial charge in [0.1, 0.15) is 5.75 Å². The summed E-state index contributed by atoms with van der Waals surface area (Å²) in [4.78, 5) is 2.21. The molecule has 0 spiro atoms. The summed E-state index contributed by atoms with van der Waals surface area (Å²) >= 11 is 0. The van der Waals surface area contributed by atoms with Gasteiger partial charge in [-0.15, -0.1) is 0 Å². The minimum atomic E-state index is -0.550. The van der Waals surface area contributed by atoms with Crippen molar-refractivity contribution in [2.45, 2.75) is 45.8 Å². The molecule has 0 aliphatic heterocycles. The van der Waals surface area contributed by atoms with Gasteiger partial charge >= 0.3 is 0 Å². The molecule has 0 aromatic heterocycles. The maximum atomic E-state index is 10.00. The first kappa shape index (κ1) is 14.8. The SMILES string of the molecule is CCC(C)(C)N(C)c1cccc(OC)c1[C@H](C)O. The van der Waals surface area contributed by atoms with Crippen LogP contribution in [0.3, 0.4) is 0 Å². The second kappa shape index (κ2) is 5.61. The van der Waals surface area contributed by atoms with Crippen molar-refractivity contribution in [3.05, 3.63) is 23.8 Å². The van der Waals surface area contributed by atoms with E-state index in [2.05, 4.69) is 32.7 Å². The molecule has 1 aromatic rings. The van der Waals surface area contributed by atoms with Crippen molar-refractivity contribution < 1.29 is 9.84 Å². The normalized spacial score (nSPS) is 13.3. The fourth-order valence-electron chi connectivity index (χ4n) is 1.99. The summed E-state index contributed by atoms with van der Waals surface area (Å²) in [7, 11) is 3.69. The van der Waals surface area contributed by atoms with Gasteiger partial charge in [0.15, 0.2) is 0 Å². The van der Waals surface area contributed by atoms with Crippen LogP contribution in [0, 0.1) is 0 Å². The lowest BCUT2D eigenvalue weighted by Crippen LogP contribution is -2.41. The Morgan fingerprint density at radius 2 is 2.00 bits per heavy atom. The van der Waals surface area contributed by atoms with Gasteiger partial charge in [0, 0.05) is 23.8 Å². The molecule has 0 bridgehead atoms. The van der Waals surface area contributed by atoms with Crippen LogP contribution < -0.4 is 9.64 Å². The molecule has 18 heavy (non-hydrogen) atoms. The third-order valence-corrected chi connectivity index (χ3v) is 3.82. The summed E-state index contributed by atoms with van der Waals surface area (Å²) in [5, 5.41) is 10.00. The van der Waals surface area contributed by atoms with E-state index in [-0.39, 0.29) is 5.54 Å². The van der Waals surface area contributed by atoms with Gasteiger partial charge in [0.05, 0.1) is 13.2 Å². The van der Waals surface area contributed by atoms with Crippen molar-refractivity contribution in [3.63, 3.8) is 0 Å². The molecular formula is C15H25NO2. The average molecular weight is 251 g/mol. The number of methoxy groups -OCH3 is 1. The van der Waals surface area contributed by atoms with Crippen LogP contribution in [0.15, 0.2) is 18.2 Å². The van der Waals surface area contributed by atoms with E-state index in [1.54, 1.807) is 14.0 Å². The number of rotatable bonds is 5. The van der Waals surface area contributed by atoms with Crippen molar-refractivity contribution in [2.24, 2.45) is 0 Å². The lowest BCUT2D eigenvalue weighted by Gasteiger charge is -2.38. The van der Waals surface area contributed by atoms with Crippen LogP contribution in [0.4, 0.5) is 5.69 Å². The number of ether oxygens (including phenoxy) is 1. The summed E-state index contributed by atoms with van der Waals surface area (Å²) in [5.41, 5.74) is 1.91. The maximum absolute atomic E-state index is 10.00. The Balaban J connectivity index is 3.32. The third-order valence-electron chi connectivity index (χ3n) is 3.82. The summed E-state index contributed by atoms with van der Waals surface area (Å²) in [6, 6.07) is 5.88. The molecule has 3 heteroatoms. The van der Waals surface area contributed by atoms with Crippen LogP contribution >= 0.6 is 0 Å². The molecule has 1 atom stereocenters. The standard InChI is InChI=1S/C15H25NO2/c1-7-15(3,4)16(5)12-9-8-10-13(18-6)14(12)11(2)17/h8-11,17H,7H2,1-6H3/t11-/m0/s1. The van der Waals surface area contributed by atoms with Gasteiger partial charge in [0.25, 0.3) is 0 Å². The van der Waals surface area contributed by atoms with E-state index in [1.165, 1.54) is 0 Å². The zero-order valence-corrected chi connectivity index (χ0v) is 12.3. The molecule has 1 N–H and O–H groups in total. The molecule has 1 aromatic carbocycles. The highest BCUT2D eigenvalue weighted by Gasteiger charge is 2.25. The minimum absolute atomic E-state index is 0.0377. The topological polar surface area (TPSA) is 32.7 Å². The van der Waals surface area contributed by atoms with Crippen molar-refractivity contribution >= 4 is 5.69 Å². The molecule has 0 amide bonds. The van der Waals surface area contributed by atoms with Gasteiger partial charge in [-0.2, -0.15) is 0 Å². The van der Waals surface area contributed by atoms with Crippen LogP contribution in [0.1, 0.15) is 45.8 Å². The minimum Gasteiger partial charge on any atom is -0.496 e. The van der Waals surface area contributed by atoms with Gasteiger partial charge in [-0.3, -0.25) is 0 Å². The van der Waals surface area contributed by atoms with E-state index in [1.807, 2.05) is 18.2 Å². The van der Waals surface area contributed by atoms with E-state index in [4.69, 9.17) is 4.74 Å². The number of anilines is 1. The first-order valence-corrected chi connectivity index (χ1v) is 6.44. The second-order valence-electron chi connectivity index (χ2n) is 5.29. The molecule has 0 aliphatic carbocycles. The van der Waals surface area contributed by atoms with Gasteiger partial charge in [0.2, 0.25) is 0 Å². The number of benzene rings is 1. The molecule has 102 valence electrons. The molecule has 0 heterocycles. The fourth-order valence-corrected chi connectivity index (χ4v) is 1.99. The zero-order chi connectivity index (χ0) is 13.9. The van der Waals surface area contributed by atoms with E-state index in [0.717, 1.165) is 23.4 Å². The van der Waals surface area contributed by atoms with Crippen LogP contribution in [-0.4, -0.2) is 24.8 Å². The van der Waals surface area contributed by atoms with E-state index < -0.39 is 6.10 Å². The van der Waals surface area contributed by atoms with Crippen LogP contribution in [0.25, 0.3) is 0 Å². The number of hydrogen-bond donors (Lipinski definition) is 1. The number of hydrogen-bond acceptors (Lipinski definition) is 3. The van der Waals surface area contributed by atoms with Gasteiger partial charge in [-0.1, -0.05) is 13.0 Å². The van der Waals surface area contributed by atoms with Crippen molar-refractivity contribution in [1.82, 2.24) is 0 Å². The lowest BCUT2D eigenvalue weighted by atomic mass is 9.96. The smallest absolute Gasteiger partial charge is 0.126 e. The Bertz CT molecular complexity index is 399.